The first-order valence-corrected chi connectivity index (χ1v) is 9.35. The molecule has 0 bridgehead atoms. The van der Waals surface area contributed by atoms with Gasteiger partial charge in [-0.1, -0.05) is 6.92 Å². The van der Waals surface area contributed by atoms with Gasteiger partial charge in [0, 0.05) is 22.8 Å². The maximum atomic E-state index is 12.6. The molecule has 4 heterocycles. The zero-order valence-corrected chi connectivity index (χ0v) is 14.4. The van der Waals surface area contributed by atoms with E-state index in [0.717, 1.165) is 36.6 Å². The van der Waals surface area contributed by atoms with Crippen LogP contribution in [0.15, 0.2) is 11.4 Å². The van der Waals surface area contributed by atoms with E-state index in [1.54, 1.807) is 22.7 Å². The molecule has 0 radical (unpaired) electrons. The van der Waals surface area contributed by atoms with Crippen LogP contribution in [0.25, 0.3) is 0 Å². The van der Waals surface area contributed by atoms with Crippen molar-refractivity contribution in [3.05, 3.63) is 37.9 Å². The smallest absolute Gasteiger partial charge is 0.256 e. The van der Waals surface area contributed by atoms with Gasteiger partial charge in [0.25, 0.3) is 5.91 Å². The minimum Gasteiger partial charge on any atom is -0.352 e. The van der Waals surface area contributed by atoms with Crippen LogP contribution in [0.3, 0.4) is 0 Å². The maximum Gasteiger partial charge on any atom is 0.256 e. The van der Waals surface area contributed by atoms with Gasteiger partial charge in [-0.25, -0.2) is 0 Å². The van der Waals surface area contributed by atoms with E-state index in [-0.39, 0.29) is 12.1 Å². The van der Waals surface area contributed by atoms with Gasteiger partial charge in [0.05, 0.1) is 5.56 Å². The number of amides is 1. The predicted molar refractivity (Wildman–Crippen MR) is 91.9 cm³/mol. The Morgan fingerprint density at radius 3 is 3.00 bits per heavy atom. The van der Waals surface area contributed by atoms with E-state index in [1.807, 2.05) is 0 Å². The van der Waals surface area contributed by atoms with Crippen molar-refractivity contribution in [3.8, 4) is 0 Å². The average molecular weight is 333 g/mol. The van der Waals surface area contributed by atoms with Crippen LogP contribution in [0.5, 0.6) is 0 Å². The number of hydrogen-bond donors (Lipinski definition) is 2. The first-order valence-electron chi connectivity index (χ1n) is 7.65. The SMILES string of the molecule is CCN1CCc2c(sc3c2C(=O)NC(c2sccc2C)N3)C1. The lowest BCUT2D eigenvalue weighted by atomic mass is 10.0. The summed E-state index contributed by atoms with van der Waals surface area (Å²) in [6, 6.07) is 2.10. The summed E-state index contributed by atoms with van der Waals surface area (Å²) in [4.78, 5) is 17.6. The van der Waals surface area contributed by atoms with Crippen LogP contribution in [-0.2, 0) is 13.0 Å². The molecule has 6 heteroatoms. The Morgan fingerprint density at radius 1 is 1.41 bits per heavy atom. The third kappa shape index (κ3) is 2.17. The molecule has 1 unspecified atom stereocenters. The molecule has 1 amide bonds. The minimum atomic E-state index is -0.0950. The van der Waals surface area contributed by atoms with Crippen LogP contribution in [0, 0.1) is 6.92 Å². The lowest BCUT2D eigenvalue weighted by Gasteiger charge is -2.27. The van der Waals surface area contributed by atoms with Crippen molar-refractivity contribution in [1.82, 2.24) is 10.2 Å². The highest BCUT2D eigenvalue weighted by Crippen LogP contribution is 2.41. The molecule has 116 valence electrons. The monoisotopic (exact) mass is 333 g/mol. The Kier molecular flexibility index (Phi) is 3.47. The number of nitrogens with zero attached hydrogens (tertiary/aromatic N) is 1. The number of likely N-dealkylation sites (N-methyl/N-ethyl adjacent to an activating group) is 1. The number of anilines is 1. The van der Waals surface area contributed by atoms with Crippen molar-refractivity contribution in [2.24, 2.45) is 0 Å². The third-order valence-corrected chi connectivity index (χ3v) is 6.76. The van der Waals surface area contributed by atoms with Crippen LogP contribution in [-0.4, -0.2) is 23.9 Å². The van der Waals surface area contributed by atoms with E-state index in [4.69, 9.17) is 0 Å². The van der Waals surface area contributed by atoms with Crippen LogP contribution < -0.4 is 10.6 Å². The third-order valence-electron chi connectivity index (χ3n) is 4.52. The zero-order valence-electron chi connectivity index (χ0n) is 12.7. The molecule has 2 N–H and O–H groups in total. The fourth-order valence-corrected chi connectivity index (χ4v) is 5.49. The molecule has 2 aliphatic heterocycles. The summed E-state index contributed by atoms with van der Waals surface area (Å²) in [5, 5.41) is 9.79. The van der Waals surface area contributed by atoms with Crippen LogP contribution >= 0.6 is 22.7 Å². The molecule has 0 fully saturated rings. The van der Waals surface area contributed by atoms with Gasteiger partial charge in [-0.05, 0) is 42.5 Å². The highest BCUT2D eigenvalue weighted by molar-refractivity contribution is 7.16. The molecule has 4 rings (SSSR count). The molecule has 1 atom stereocenters. The second-order valence-corrected chi connectivity index (χ2v) is 7.90. The fraction of sp³-hybridized carbons (Fsp3) is 0.438. The van der Waals surface area contributed by atoms with Gasteiger partial charge in [-0.2, -0.15) is 0 Å². The van der Waals surface area contributed by atoms with Gasteiger partial charge in [-0.3, -0.25) is 9.69 Å². The van der Waals surface area contributed by atoms with Crippen molar-refractivity contribution >= 4 is 33.6 Å². The van der Waals surface area contributed by atoms with Crippen molar-refractivity contribution in [3.63, 3.8) is 0 Å². The Hall–Kier alpha value is -1.37. The van der Waals surface area contributed by atoms with Crippen LogP contribution in [0.2, 0.25) is 0 Å². The van der Waals surface area contributed by atoms with E-state index in [2.05, 4.69) is 40.8 Å². The molecule has 0 aliphatic carbocycles. The van der Waals surface area contributed by atoms with Gasteiger partial charge in [0.15, 0.2) is 0 Å². The Bertz CT molecular complexity index is 734. The molecule has 22 heavy (non-hydrogen) atoms. The number of nitrogens with one attached hydrogen (secondary N) is 2. The van der Waals surface area contributed by atoms with Crippen LogP contribution in [0.4, 0.5) is 5.00 Å². The number of fused-ring (bicyclic) bond motifs is 3. The molecular weight excluding hydrogens is 314 g/mol. The minimum absolute atomic E-state index is 0.0778. The maximum absolute atomic E-state index is 12.6. The first-order chi connectivity index (χ1) is 10.7. The van der Waals surface area contributed by atoms with Gasteiger partial charge in [-0.15, -0.1) is 22.7 Å². The normalized spacial score (nSPS) is 21.0. The number of carbonyl (C=O) groups is 1. The highest BCUT2D eigenvalue weighted by atomic mass is 32.1. The van der Waals surface area contributed by atoms with Crippen molar-refractivity contribution in [2.75, 3.05) is 18.4 Å². The van der Waals surface area contributed by atoms with Gasteiger partial charge in [0.2, 0.25) is 0 Å². The van der Waals surface area contributed by atoms with Crippen molar-refractivity contribution in [2.45, 2.75) is 33.0 Å². The summed E-state index contributed by atoms with van der Waals surface area (Å²) in [6.45, 7) is 7.38. The van der Waals surface area contributed by atoms with E-state index >= 15 is 0 Å². The summed E-state index contributed by atoms with van der Waals surface area (Å²) in [7, 11) is 0. The second kappa shape index (κ2) is 5.37. The molecule has 2 aromatic heterocycles. The molecule has 0 aromatic carbocycles. The van der Waals surface area contributed by atoms with Crippen molar-refractivity contribution < 1.29 is 4.79 Å². The molecule has 4 nitrogen and oxygen atoms in total. The fourth-order valence-electron chi connectivity index (χ4n) is 3.25. The Balaban J connectivity index is 1.69. The summed E-state index contributed by atoms with van der Waals surface area (Å²) < 4.78 is 0. The quantitative estimate of drug-likeness (QED) is 0.886. The standard InChI is InChI=1S/C16H19N3OS2/c1-3-19-6-4-10-11(8-19)22-16-12(10)15(20)17-14(18-16)13-9(2)5-7-21-13/h5,7,14,18H,3-4,6,8H2,1-2H3,(H,17,20). The van der Waals surface area contributed by atoms with Gasteiger partial charge < -0.3 is 10.6 Å². The number of thiophene rings is 2. The summed E-state index contributed by atoms with van der Waals surface area (Å²) >= 11 is 3.45. The zero-order chi connectivity index (χ0) is 15.3. The Morgan fingerprint density at radius 2 is 2.27 bits per heavy atom. The first kappa shape index (κ1) is 14.2. The van der Waals surface area contributed by atoms with E-state index < -0.39 is 0 Å². The van der Waals surface area contributed by atoms with Crippen molar-refractivity contribution in [1.29, 1.82) is 0 Å². The van der Waals surface area contributed by atoms with Gasteiger partial charge in [0.1, 0.15) is 11.2 Å². The van der Waals surface area contributed by atoms with E-state index in [1.165, 1.54) is 20.9 Å². The summed E-state index contributed by atoms with van der Waals surface area (Å²) in [5.74, 6) is 0.0778. The molecule has 0 spiro atoms. The largest absolute Gasteiger partial charge is 0.352 e. The van der Waals surface area contributed by atoms with Gasteiger partial charge >= 0.3 is 0 Å². The predicted octanol–water partition coefficient (Wildman–Crippen LogP) is 3.35. The lowest BCUT2D eigenvalue weighted by molar-refractivity contribution is 0.0935. The van der Waals surface area contributed by atoms with Crippen LogP contribution in [0.1, 0.15) is 44.3 Å². The highest BCUT2D eigenvalue weighted by Gasteiger charge is 2.33. The number of aryl methyl sites for hydroxylation is 1. The molecule has 0 saturated carbocycles. The summed E-state index contributed by atoms with van der Waals surface area (Å²) in [5.41, 5.74) is 3.38. The van der Waals surface area contributed by atoms with E-state index in [9.17, 15) is 4.79 Å². The average Bonchev–Trinajstić information content (AvgIpc) is 3.09. The number of carbonyl (C=O) groups excluding carboxylic acids is 1. The molecular formula is C16H19N3OS2. The summed E-state index contributed by atoms with van der Waals surface area (Å²) in [6.07, 6.45) is 0.884. The van der Waals surface area contributed by atoms with E-state index in [0.29, 0.717) is 0 Å². The molecule has 2 aliphatic rings. The Labute approximate surface area is 138 Å². The molecule has 0 saturated heterocycles. The number of hydrogen-bond acceptors (Lipinski definition) is 5. The topological polar surface area (TPSA) is 44.4 Å². The molecule has 2 aromatic rings. The lowest BCUT2D eigenvalue weighted by Crippen LogP contribution is -2.38. The second-order valence-electron chi connectivity index (χ2n) is 5.85. The number of rotatable bonds is 2.